The summed E-state index contributed by atoms with van der Waals surface area (Å²) in [5, 5.41) is 4.19. The van der Waals surface area contributed by atoms with Gasteiger partial charge in [0.05, 0.1) is 6.04 Å². The van der Waals surface area contributed by atoms with Crippen LogP contribution >= 0.6 is 11.3 Å². The summed E-state index contributed by atoms with van der Waals surface area (Å²) in [6, 6.07) is 9.85. The Bertz CT molecular complexity index is 682. The second kappa shape index (κ2) is 6.75. The topological polar surface area (TPSA) is 37.4 Å². The van der Waals surface area contributed by atoms with Crippen molar-refractivity contribution in [1.82, 2.24) is 4.90 Å². The van der Waals surface area contributed by atoms with E-state index in [0.29, 0.717) is 11.3 Å². The van der Waals surface area contributed by atoms with Gasteiger partial charge < -0.3 is 4.90 Å². The first-order valence-electron chi connectivity index (χ1n) is 7.37. The van der Waals surface area contributed by atoms with Crippen molar-refractivity contribution in [3.05, 3.63) is 57.8 Å². The second-order valence-electron chi connectivity index (χ2n) is 5.63. The third-order valence-electron chi connectivity index (χ3n) is 3.99. The summed E-state index contributed by atoms with van der Waals surface area (Å²) in [6.45, 7) is 0.809. The molecule has 0 bridgehead atoms. The maximum absolute atomic E-state index is 12.8. The second-order valence-corrected chi connectivity index (χ2v) is 7.85. The third kappa shape index (κ3) is 3.31. The van der Waals surface area contributed by atoms with Crippen LogP contribution in [0.25, 0.3) is 0 Å². The monoisotopic (exact) mass is 333 g/mol. The maximum Gasteiger partial charge on any atom is 0.254 e. The van der Waals surface area contributed by atoms with Gasteiger partial charge in [0.25, 0.3) is 5.91 Å². The van der Waals surface area contributed by atoms with Crippen LogP contribution in [0.15, 0.2) is 41.1 Å². The Kier molecular flexibility index (Phi) is 4.74. The highest BCUT2D eigenvalue weighted by Crippen LogP contribution is 2.34. The summed E-state index contributed by atoms with van der Waals surface area (Å²) in [5.41, 5.74) is 2.89. The van der Waals surface area contributed by atoms with Crippen LogP contribution in [0.1, 0.15) is 40.4 Å². The molecule has 0 aliphatic carbocycles. The van der Waals surface area contributed by atoms with E-state index in [2.05, 4.69) is 16.8 Å². The normalized spacial score (nSPS) is 19.3. The van der Waals surface area contributed by atoms with E-state index >= 15 is 0 Å². The zero-order valence-electron chi connectivity index (χ0n) is 12.5. The molecule has 1 aliphatic rings. The fourth-order valence-corrected chi connectivity index (χ4v) is 4.37. The highest BCUT2D eigenvalue weighted by atomic mass is 32.2. The van der Waals surface area contributed by atoms with E-state index in [1.165, 1.54) is 5.56 Å². The lowest BCUT2D eigenvalue weighted by atomic mass is 10.1. The minimum Gasteiger partial charge on any atom is -0.332 e. The Morgan fingerprint density at radius 3 is 3.00 bits per heavy atom. The van der Waals surface area contributed by atoms with Crippen LogP contribution in [0, 0.1) is 0 Å². The van der Waals surface area contributed by atoms with E-state index in [4.69, 9.17) is 0 Å². The summed E-state index contributed by atoms with van der Waals surface area (Å²) in [6.07, 6.45) is 3.76. The van der Waals surface area contributed by atoms with Crippen LogP contribution in [-0.2, 0) is 16.6 Å². The van der Waals surface area contributed by atoms with Crippen LogP contribution in [0.3, 0.4) is 0 Å². The number of amides is 1. The van der Waals surface area contributed by atoms with Gasteiger partial charge >= 0.3 is 0 Å². The number of rotatable bonds is 4. The van der Waals surface area contributed by atoms with E-state index in [-0.39, 0.29) is 11.9 Å². The van der Waals surface area contributed by atoms with Gasteiger partial charge in [0, 0.05) is 34.9 Å². The molecule has 1 saturated heterocycles. The number of hydrogen-bond donors (Lipinski definition) is 0. The van der Waals surface area contributed by atoms with Crippen molar-refractivity contribution in [1.29, 1.82) is 0 Å². The molecule has 1 fully saturated rings. The van der Waals surface area contributed by atoms with Crippen molar-refractivity contribution < 1.29 is 9.00 Å². The number of hydrogen-bond acceptors (Lipinski definition) is 3. The molecule has 1 aromatic heterocycles. The molecule has 3 nitrogen and oxygen atoms in total. The first-order chi connectivity index (χ1) is 10.6. The van der Waals surface area contributed by atoms with Crippen LogP contribution in [0.5, 0.6) is 0 Å². The van der Waals surface area contributed by atoms with Gasteiger partial charge in [-0.05, 0) is 52.9 Å². The summed E-state index contributed by atoms with van der Waals surface area (Å²) in [5.74, 6) is 0.576. The number of benzene rings is 1. The van der Waals surface area contributed by atoms with Crippen LogP contribution in [0.4, 0.5) is 0 Å². The van der Waals surface area contributed by atoms with E-state index in [9.17, 15) is 9.00 Å². The van der Waals surface area contributed by atoms with Crippen molar-refractivity contribution in [2.24, 2.45) is 0 Å². The van der Waals surface area contributed by atoms with Gasteiger partial charge in [0.2, 0.25) is 0 Å². The number of carbonyl (C=O) groups is 1. The molecule has 2 atom stereocenters. The molecule has 0 saturated carbocycles. The molecule has 116 valence electrons. The van der Waals surface area contributed by atoms with Crippen molar-refractivity contribution in [3.8, 4) is 0 Å². The highest BCUT2D eigenvalue weighted by Gasteiger charge is 2.30. The molecule has 2 heterocycles. The van der Waals surface area contributed by atoms with Crippen LogP contribution in [0.2, 0.25) is 0 Å². The molecule has 5 heteroatoms. The Balaban J connectivity index is 1.82. The number of nitrogens with zero attached hydrogens (tertiary/aromatic N) is 1. The zero-order valence-corrected chi connectivity index (χ0v) is 14.2. The van der Waals surface area contributed by atoms with E-state index in [1.54, 1.807) is 17.6 Å². The van der Waals surface area contributed by atoms with Gasteiger partial charge in [0.1, 0.15) is 0 Å². The standard InChI is InChI=1S/C17H19NO2S2/c1-22(20)12-13-4-2-5-14(10-13)17(19)18-8-3-6-16(18)15-7-9-21-11-15/h2,4-5,7,9-11,16H,3,6,8,12H2,1H3/t16-,22+/m1/s1. The Labute approximate surface area is 137 Å². The summed E-state index contributed by atoms with van der Waals surface area (Å²) in [7, 11) is -0.895. The summed E-state index contributed by atoms with van der Waals surface area (Å²) < 4.78 is 11.4. The summed E-state index contributed by atoms with van der Waals surface area (Å²) in [4.78, 5) is 14.8. The van der Waals surface area contributed by atoms with Gasteiger partial charge in [-0.1, -0.05) is 12.1 Å². The van der Waals surface area contributed by atoms with E-state index in [1.807, 2.05) is 29.2 Å². The predicted molar refractivity (Wildman–Crippen MR) is 91.5 cm³/mol. The molecular weight excluding hydrogens is 314 g/mol. The Morgan fingerprint density at radius 1 is 1.41 bits per heavy atom. The molecule has 1 amide bonds. The van der Waals surface area contributed by atoms with Crippen molar-refractivity contribution in [2.45, 2.75) is 24.6 Å². The molecule has 0 spiro atoms. The Morgan fingerprint density at radius 2 is 2.27 bits per heavy atom. The molecule has 2 aromatic rings. The predicted octanol–water partition coefficient (Wildman–Crippen LogP) is 3.60. The number of thiophene rings is 1. The minimum atomic E-state index is -0.895. The molecule has 3 rings (SSSR count). The third-order valence-corrected chi connectivity index (χ3v) is 5.43. The molecule has 1 aromatic carbocycles. The lowest BCUT2D eigenvalue weighted by Gasteiger charge is -2.24. The lowest BCUT2D eigenvalue weighted by Crippen LogP contribution is -2.30. The smallest absolute Gasteiger partial charge is 0.254 e. The van der Waals surface area contributed by atoms with Crippen molar-refractivity contribution >= 4 is 28.0 Å². The SMILES string of the molecule is C[S@](=O)Cc1cccc(C(=O)N2CCC[C@@H]2c2ccsc2)c1. The average Bonchev–Trinajstić information content (AvgIpc) is 3.16. The van der Waals surface area contributed by atoms with Crippen molar-refractivity contribution in [3.63, 3.8) is 0 Å². The highest BCUT2D eigenvalue weighted by molar-refractivity contribution is 7.83. The van der Waals surface area contributed by atoms with E-state index < -0.39 is 10.8 Å². The maximum atomic E-state index is 12.8. The van der Waals surface area contributed by atoms with E-state index in [0.717, 1.165) is 24.9 Å². The molecule has 0 N–H and O–H groups in total. The molecule has 0 radical (unpaired) electrons. The summed E-state index contributed by atoms with van der Waals surface area (Å²) >= 11 is 1.67. The lowest BCUT2D eigenvalue weighted by molar-refractivity contribution is 0.0736. The molecule has 22 heavy (non-hydrogen) atoms. The van der Waals surface area contributed by atoms with Crippen LogP contribution in [-0.4, -0.2) is 27.8 Å². The minimum absolute atomic E-state index is 0.0810. The van der Waals surface area contributed by atoms with Gasteiger partial charge in [-0.3, -0.25) is 9.00 Å². The van der Waals surface area contributed by atoms with Gasteiger partial charge in [-0.15, -0.1) is 0 Å². The van der Waals surface area contributed by atoms with Gasteiger partial charge in [-0.25, -0.2) is 0 Å². The fourth-order valence-electron chi connectivity index (χ4n) is 3.02. The zero-order chi connectivity index (χ0) is 15.5. The molecular formula is C17H19NO2S2. The van der Waals surface area contributed by atoms with Gasteiger partial charge in [-0.2, -0.15) is 11.3 Å². The molecule has 0 unspecified atom stereocenters. The first kappa shape index (κ1) is 15.4. The Hall–Kier alpha value is -1.46. The van der Waals surface area contributed by atoms with Gasteiger partial charge in [0.15, 0.2) is 0 Å². The number of carbonyl (C=O) groups excluding carboxylic acids is 1. The average molecular weight is 333 g/mol. The van der Waals surface area contributed by atoms with Crippen LogP contribution < -0.4 is 0 Å². The fraction of sp³-hybridized carbons (Fsp3) is 0.353. The van der Waals surface area contributed by atoms with Crippen molar-refractivity contribution in [2.75, 3.05) is 12.8 Å². The molecule has 1 aliphatic heterocycles. The number of likely N-dealkylation sites (tertiary alicyclic amines) is 1. The first-order valence-corrected chi connectivity index (χ1v) is 10.0. The quantitative estimate of drug-likeness (QED) is 0.857. The largest absolute Gasteiger partial charge is 0.332 e.